The Hall–Kier alpha value is -0.960. The molecule has 0 aromatic rings. The zero-order valence-corrected chi connectivity index (χ0v) is 13.9. The molecular weight excluding hydrogens is 361 g/mol. The monoisotopic (exact) mass is 385 g/mol. The molecule has 2 rings (SSSR count). The molecule has 152 valence electrons. The maximum atomic E-state index is 14.0. The molecule has 2 aliphatic heterocycles. The molecule has 2 fully saturated rings. The SMILES string of the molecule is CC(=O)N[C@@H]1C(F)OC(CO)[C@@H](O[C@@H]2OC(CO)[C@H](O)C(O)[C@@H]2O)C1O. The third-order valence-corrected chi connectivity index (χ3v) is 4.35. The fourth-order valence-corrected chi connectivity index (χ4v) is 2.94. The van der Waals surface area contributed by atoms with Crippen LogP contribution in [0.15, 0.2) is 0 Å². The van der Waals surface area contributed by atoms with Gasteiger partial charge in [-0.3, -0.25) is 4.79 Å². The number of ether oxygens (including phenoxy) is 3. The van der Waals surface area contributed by atoms with Crippen LogP contribution in [0.4, 0.5) is 4.39 Å². The average Bonchev–Trinajstić information content (AvgIpc) is 2.60. The quantitative estimate of drug-likeness (QED) is 0.245. The first kappa shape index (κ1) is 21.3. The highest BCUT2D eigenvalue weighted by atomic mass is 19.1. The number of hydrogen-bond acceptors (Lipinski definition) is 10. The first-order chi connectivity index (χ1) is 12.2. The summed E-state index contributed by atoms with van der Waals surface area (Å²) in [6, 6.07) is -1.51. The second kappa shape index (κ2) is 8.82. The van der Waals surface area contributed by atoms with E-state index in [4.69, 9.17) is 14.2 Å². The molecular formula is C14H24FNO10. The Kier molecular flexibility index (Phi) is 7.24. The summed E-state index contributed by atoms with van der Waals surface area (Å²) in [5.41, 5.74) is 0. The normalized spacial score (nSPS) is 46.8. The van der Waals surface area contributed by atoms with Gasteiger partial charge in [0.05, 0.1) is 13.2 Å². The lowest BCUT2D eigenvalue weighted by Gasteiger charge is -2.45. The number of rotatable bonds is 5. The van der Waals surface area contributed by atoms with E-state index in [1.165, 1.54) is 0 Å². The summed E-state index contributed by atoms with van der Waals surface area (Å²) in [4.78, 5) is 11.2. The van der Waals surface area contributed by atoms with Crippen molar-refractivity contribution in [1.29, 1.82) is 0 Å². The number of aliphatic hydroxyl groups is 6. The van der Waals surface area contributed by atoms with Crippen LogP contribution < -0.4 is 5.32 Å². The van der Waals surface area contributed by atoms with Gasteiger partial charge < -0.3 is 50.2 Å². The zero-order valence-electron chi connectivity index (χ0n) is 13.9. The molecule has 7 N–H and O–H groups in total. The molecule has 5 unspecified atom stereocenters. The number of nitrogens with one attached hydrogen (secondary N) is 1. The predicted molar refractivity (Wildman–Crippen MR) is 79.1 cm³/mol. The van der Waals surface area contributed by atoms with Crippen LogP contribution in [-0.2, 0) is 19.0 Å². The predicted octanol–water partition coefficient (Wildman–Crippen LogP) is -4.28. The van der Waals surface area contributed by atoms with Gasteiger partial charge in [0.15, 0.2) is 6.29 Å². The van der Waals surface area contributed by atoms with E-state index in [0.717, 1.165) is 6.92 Å². The topological polar surface area (TPSA) is 178 Å². The number of alkyl halides is 1. The molecule has 2 aliphatic rings. The van der Waals surface area contributed by atoms with E-state index in [2.05, 4.69) is 5.32 Å². The number of carbonyl (C=O) groups excluding carboxylic acids is 1. The van der Waals surface area contributed by atoms with Crippen LogP contribution in [0, 0.1) is 0 Å². The van der Waals surface area contributed by atoms with Crippen molar-refractivity contribution in [2.24, 2.45) is 0 Å². The summed E-state index contributed by atoms with van der Waals surface area (Å²) in [7, 11) is 0. The largest absolute Gasteiger partial charge is 0.394 e. The zero-order chi connectivity index (χ0) is 19.6. The molecule has 26 heavy (non-hydrogen) atoms. The van der Waals surface area contributed by atoms with E-state index < -0.39 is 80.5 Å². The van der Waals surface area contributed by atoms with E-state index in [-0.39, 0.29) is 0 Å². The average molecular weight is 385 g/mol. The van der Waals surface area contributed by atoms with Gasteiger partial charge in [0.25, 0.3) is 0 Å². The Balaban J connectivity index is 2.16. The highest BCUT2D eigenvalue weighted by Crippen LogP contribution is 2.29. The van der Waals surface area contributed by atoms with Crippen LogP contribution in [0.1, 0.15) is 6.92 Å². The number of aliphatic hydroxyl groups excluding tert-OH is 6. The number of hydrogen-bond donors (Lipinski definition) is 7. The van der Waals surface area contributed by atoms with Gasteiger partial charge in [-0.05, 0) is 0 Å². The molecule has 2 heterocycles. The molecule has 0 aliphatic carbocycles. The molecule has 11 nitrogen and oxygen atoms in total. The van der Waals surface area contributed by atoms with Crippen molar-refractivity contribution in [3.8, 4) is 0 Å². The Morgan fingerprint density at radius 3 is 2.15 bits per heavy atom. The number of carbonyl (C=O) groups is 1. The Morgan fingerprint density at radius 2 is 1.62 bits per heavy atom. The van der Waals surface area contributed by atoms with E-state index in [1.807, 2.05) is 0 Å². The summed E-state index contributed by atoms with van der Waals surface area (Å²) in [6.45, 7) is -0.351. The van der Waals surface area contributed by atoms with E-state index in [9.17, 15) is 39.8 Å². The van der Waals surface area contributed by atoms with E-state index in [0.29, 0.717) is 0 Å². The third-order valence-electron chi connectivity index (χ3n) is 4.35. The van der Waals surface area contributed by atoms with Crippen molar-refractivity contribution in [3.63, 3.8) is 0 Å². The molecule has 0 radical (unpaired) electrons. The molecule has 2 saturated heterocycles. The van der Waals surface area contributed by atoms with Gasteiger partial charge in [0.2, 0.25) is 12.3 Å². The van der Waals surface area contributed by atoms with Gasteiger partial charge in [0, 0.05) is 6.92 Å². The number of halogens is 1. The van der Waals surface area contributed by atoms with Crippen molar-refractivity contribution in [2.45, 2.75) is 68.3 Å². The molecule has 10 atom stereocenters. The van der Waals surface area contributed by atoms with E-state index >= 15 is 0 Å². The van der Waals surface area contributed by atoms with Crippen molar-refractivity contribution in [3.05, 3.63) is 0 Å². The summed E-state index contributed by atoms with van der Waals surface area (Å²) in [5.74, 6) is -0.644. The van der Waals surface area contributed by atoms with Crippen molar-refractivity contribution < 1.29 is 54.0 Å². The Bertz CT molecular complexity index is 483. The number of amides is 1. The molecule has 0 spiro atoms. The smallest absolute Gasteiger partial charge is 0.222 e. The molecule has 0 saturated carbocycles. The molecule has 1 amide bonds. The second-order valence-electron chi connectivity index (χ2n) is 6.22. The lowest BCUT2D eigenvalue weighted by atomic mass is 9.96. The fraction of sp³-hybridized carbons (Fsp3) is 0.929. The van der Waals surface area contributed by atoms with Crippen molar-refractivity contribution in [2.75, 3.05) is 13.2 Å². The summed E-state index contributed by atoms with van der Waals surface area (Å²) >= 11 is 0. The van der Waals surface area contributed by atoms with Crippen LogP contribution in [0.2, 0.25) is 0 Å². The fourth-order valence-electron chi connectivity index (χ4n) is 2.94. The van der Waals surface area contributed by atoms with Gasteiger partial charge in [-0.2, -0.15) is 0 Å². The summed E-state index contributed by atoms with van der Waals surface area (Å²) < 4.78 is 29.4. The molecule has 0 bridgehead atoms. The van der Waals surface area contributed by atoms with Gasteiger partial charge in [0.1, 0.15) is 48.8 Å². The lowest BCUT2D eigenvalue weighted by Crippen LogP contribution is -2.66. The minimum Gasteiger partial charge on any atom is -0.394 e. The van der Waals surface area contributed by atoms with Gasteiger partial charge in [-0.1, -0.05) is 0 Å². The first-order valence-corrected chi connectivity index (χ1v) is 8.02. The first-order valence-electron chi connectivity index (χ1n) is 8.02. The Labute approximate surface area is 147 Å². The highest BCUT2D eigenvalue weighted by molar-refractivity contribution is 5.73. The minimum atomic E-state index is -2.12. The van der Waals surface area contributed by atoms with Crippen LogP contribution in [0.5, 0.6) is 0 Å². The highest BCUT2D eigenvalue weighted by Gasteiger charge is 2.51. The lowest BCUT2D eigenvalue weighted by molar-refractivity contribution is -0.341. The second-order valence-corrected chi connectivity index (χ2v) is 6.22. The maximum Gasteiger partial charge on any atom is 0.222 e. The maximum absolute atomic E-state index is 14.0. The van der Waals surface area contributed by atoms with Gasteiger partial charge in [-0.25, -0.2) is 4.39 Å². The van der Waals surface area contributed by atoms with E-state index in [1.54, 1.807) is 0 Å². The van der Waals surface area contributed by atoms with Gasteiger partial charge in [-0.15, -0.1) is 0 Å². The van der Waals surface area contributed by atoms with Crippen molar-refractivity contribution >= 4 is 5.91 Å². The summed E-state index contributed by atoms with van der Waals surface area (Å²) in [6.07, 6.45) is -14.6. The molecule has 0 aromatic heterocycles. The van der Waals surface area contributed by atoms with Crippen LogP contribution >= 0.6 is 0 Å². The minimum absolute atomic E-state index is 0.644. The van der Waals surface area contributed by atoms with Gasteiger partial charge >= 0.3 is 0 Å². The van der Waals surface area contributed by atoms with Crippen LogP contribution in [0.25, 0.3) is 0 Å². The molecule has 12 heteroatoms. The molecule has 0 aromatic carbocycles. The van der Waals surface area contributed by atoms with Crippen LogP contribution in [-0.4, -0.2) is 111 Å². The summed E-state index contributed by atoms with van der Waals surface area (Å²) in [5, 5.41) is 60.5. The van der Waals surface area contributed by atoms with Crippen LogP contribution in [0.3, 0.4) is 0 Å². The standard InChI is InChI=1S/C14H24FNO10/c1-4(19)16-7-9(21)12(6(3-18)24-13(7)15)26-14-11(23)10(22)8(20)5(2-17)25-14/h5-14,17-18,20-23H,2-3H2,1H3,(H,16,19)/t5?,6?,7-,8-,9?,10?,11-,12+,13?,14-/m0/s1. The Morgan fingerprint density at radius 1 is 1.00 bits per heavy atom. The third kappa shape index (κ3) is 4.30. The van der Waals surface area contributed by atoms with Crippen molar-refractivity contribution in [1.82, 2.24) is 5.32 Å².